The molecule has 102 valence electrons. The van der Waals surface area contributed by atoms with Crippen LogP contribution in [0.2, 0.25) is 0 Å². The highest BCUT2D eigenvalue weighted by Crippen LogP contribution is 2.27. The highest BCUT2D eigenvalue weighted by Gasteiger charge is 2.18. The maximum Gasteiger partial charge on any atom is 0.125 e. The molecule has 1 aromatic carbocycles. The zero-order valence-electron chi connectivity index (χ0n) is 11.0. The van der Waals surface area contributed by atoms with E-state index in [0.29, 0.717) is 0 Å². The normalized spacial score (nSPS) is 12.6. The van der Waals surface area contributed by atoms with Gasteiger partial charge in [-0.1, -0.05) is 29.8 Å². The summed E-state index contributed by atoms with van der Waals surface area (Å²) < 4.78 is 20.0. The van der Waals surface area contributed by atoms with Crippen LogP contribution in [-0.4, -0.2) is 6.54 Å². The van der Waals surface area contributed by atoms with Crippen LogP contribution in [0, 0.1) is 5.82 Å². The molecule has 0 saturated heterocycles. The van der Waals surface area contributed by atoms with E-state index in [1.165, 1.54) is 12.1 Å². The van der Waals surface area contributed by atoms with E-state index >= 15 is 0 Å². The Morgan fingerprint density at radius 1 is 1.26 bits per heavy atom. The molecule has 0 amide bonds. The van der Waals surface area contributed by atoms with E-state index in [-0.39, 0.29) is 11.9 Å². The summed E-state index contributed by atoms with van der Waals surface area (Å²) >= 11 is 3.33. The largest absolute Gasteiger partial charge is 0.464 e. The summed E-state index contributed by atoms with van der Waals surface area (Å²) in [5, 5.41) is 3.33. The standard InChI is InChI=1S/C15H17BrFNO/c1-3-13-5-6-14(19-13)15(18-4-2)10-7-11(16)9-12(17)8-10/h5-9,15,18H,3-4H2,1-2H3. The minimum atomic E-state index is -0.255. The van der Waals surface area contributed by atoms with Crippen LogP contribution in [0.3, 0.4) is 0 Å². The predicted octanol–water partition coefficient (Wildman–Crippen LogP) is 4.44. The molecule has 0 saturated carbocycles. The van der Waals surface area contributed by atoms with Gasteiger partial charge < -0.3 is 9.73 Å². The van der Waals surface area contributed by atoms with Crippen molar-refractivity contribution in [1.29, 1.82) is 0 Å². The highest BCUT2D eigenvalue weighted by atomic mass is 79.9. The van der Waals surface area contributed by atoms with Crippen molar-refractivity contribution in [1.82, 2.24) is 5.32 Å². The molecular weight excluding hydrogens is 309 g/mol. The zero-order valence-corrected chi connectivity index (χ0v) is 12.6. The van der Waals surface area contributed by atoms with Crippen LogP contribution in [0.1, 0.15) is 37.0 Å². The third kappa shape index (κ3) is 3.45. The summed E-state index contributed by atoms with van der Waals surface area (Å²) in [5.41, 5.74) is 0.853. The Morgan fingerprint density at radius 2 is 2.05 bits per heavy atom. The highest BCUT2D eigenvalue weighted by molar-refractivity contribution is 9.10. The van der Waals surface area contributed by atoms with E-state index in [0.717, 1.165) is 34.5 Å². The summed E-state index contributed by atoms with van der Waals surface area (Å²) in [4.78, 5) is 0. The molecule has 1 N–H and O–H groups in total. The van der Waals surface area contributed by atoms with Gasteiger partial charge in [-0.2, -0.15) is 0 Å². The fraction of sp³-hybridized carbons (Fsp3) is 0.333. The van der Waals surface area contributed by atoms with E-state index in [1.54, 1.807) is 0 Å². The molecule has 0 aliphatic heterocycles. The van der Waals surface area contributed by atoms with Gasteiger partial charge in [0.15, 0.2) is 0 Å². The lowest BCUT2D eigenvalue weighted by atomic mass is 10.0. The van der Waals surface area contributed by atoms with Gasteiger partial charge in [0.2, 0.25) is 0 Å². The topological polar surface area (TPSA) is 25.2 Å². The molecule has 1 aromatic heterocycles. The molecule has 0 fully saturated rings. The maximum atomic E-state index is 13.5. The van der Waals surface area contributed by atoms with E-state index in [1.807, 2.05) is 32.0 Å². The molecular formula is C15H17BrFNO. The Morgan fingerprint density at radius 3 is 2.63 bits per heavy atom. The molecule has 0 radical (unpaired) electrons. The minimum absolute atomic E-state index is 0.128. The van der Waals surface area contributed by atoms with Gasteiger partial charge in [0, 0.05) is 10.9 Å². The van der Waals surface area contributed by atoms with Crippen molar-refractivity contribution in [2.75, 3.05) is 6.54 Å². The molecule has 0 aliphatic carbocycles. The van der Waals surface area contributed by atoms with E-state index in [2.05, 4.69) is 21.2 Å². The molecule has 2 rings (SSSR count). The van der Waals surface area contributed by atoms with Gasteiger partial charge in [0.1, 0.15) is 17.3 Å². The van der Waals surface area contributed by atoms with Gasteiger partial charge in [-0.15, -0.1) is 0 Å². The molecule has 0 spiro atoms. The van der Waals surface area contributed by atoms with Gasteiger partial charge in [-0.25, -0.2) is 4.39 Å². The zero-order chi connectivity index (χ0) is 13.8. The Kier molecular flexibility index (Phi) is 4.77. The first-order valence-corrected chi connectivity index (χ1v) is 7.21. The molecule has 19 heavy (non-hydrogen) atoms. The van der Waals surface area contributed by atoms with Crippen molar-refractivity contribution in [3.05, 3.63) is 57.7 Å². The summed E-state index contributed by atoms with van der Waals surface area (Å²) in [7, 11) is 0. The van der Waals surface area contributed by atoms with Crippen LogP contribution in [-0.2, 0) is 6.42 Å². The number of aryl methyl sites for hydroxylation is 1. The quantitative estimate of drug-likeness (QED) is 0.879. The van der Waals surface area contributed by atoms with Gasteiger partial charge in [0.05, 0.1) is 6.04 Å². The first-order chi connectivity index (χ1) is 9.13. The van der Waals surface area contributed by atoms with Crippen molar-refractivity contribution in [3.8, 4) is 0 Å². The molecule has 2 nitrogen and oxygen atoms in total. The number of nitrogens with one attached hydrogen (secondary N) is 1. The lowest BCUT2D eigenvalue weighted by Gasteiger charge is -2.16. The van der Waals surface area contributed by atoms with Gasteiger partial charge in [0.25, 0.3) is 0 Å². The van der Waals surface area contributed by atoms with E-state index < -0.39 is 0 Å². The van der Waals surface area contributed by atoms with Crippen molar-refractivity contribution < 1.29 is 8.81 Å². The third-order valence-corrected chi connectivity index (χ3v) is 3.40. The lowest BCUT2D eigenvalue weighted by Crippen LogP contribution is -2.21. The van der Waals surface area contributed by atoms with Crippen LogP contribution < -0.4 is 5.32 Å². The summed E-state index contributed by atoms with van der Waals surface area (Å²) in [6, 6.07) is 8.68. The molecule has 1 heterocycles. The summed E-state index contributed by atoms with van der Waals surface area (Å²) in [5.74, 6) is 1.50. The van der Waals surface area contributed by atoms with E-state index in [4.69, 9.17) is 4.42 Å². The fourth-order valence-electron chi connectivity index (χ4n) is 2.07. The van der Waals surface area contributed by atoms with Crippen LogP contribution in [0.4, 0.5) is 4.39 Å². The third-order valence-electron chi connectivity index (χ3n) is 2.94. The van der Waals surface area contributed by atoms with Crippen LogP contribution in [0.15, 0.2) is 39.2 Å². The minimum Gasteiger partial charge on any atom is -0.464 e. The molecule has 4 heteroatoms. The Bertz CT molecular complexity index is 533. The van der Waals surface area contributed by atoms with Crippen molar-refractivity contribution in [2.45, 2.75) is 26.3 Å². The summed E-state index contributed by atoms with van der Waals surface area (Å²) in [6.45, 7) is 4.84. The number of furan rings is 1. The molecule has 0 aliphatic rings. The van der Waals surface area contributed by atoms with E-state index in [9.17, 15) is 4.39 Å². The predicted molar refractivity (Wildman–Crippen MR) is 77.7 cm³/mol. The first-order valence-electron chi connectivity index (χ1n) is 6.42. The number of benzene rings is 1. The number of hydrogen-bond donors (Lipinski definition) is 1. The second-order valence-corrected chi connectivity index (χ2v) is 5.27. The summed E-state index contributed by atoms with van der Waals surface area (Å²) in [6.07, 6.45) is 0.853. The van der Waals surface area contributed by atoms with Crippen LogP contribution in [0.5, 0.6) is 0 Å². The van der Waals surface area contributed by atoms with Crippen LogP contribution >= 0.6 is 15.9 Å². The SMILES string of the molecule is CCNC(c1cc(F)cc(Br)c1)c1ccc(CC)o1. The first kappa shape index (κ1) is 14.3. The molecule has 1 atom stereocenters. The van der Waals surface area contributed by atoms with Crippen molar-refractivity contribution in [3.63, 3.8) is 0 Å². The van der Waals surface area contributed by atoms with Gasteiger partial charge in [-0.3, -0.25) is 0 Å². The molecule has 1 unspecified atom stereocenters. The Hall–Kier alpha value is -1.13. The van der Waals surface area contributed by atoms with Gasteiger partial charge >= 0.3 is 0 Å². The Balaban J connectivity index is 2.38. The van der Waals surface area contributed by atoms with Crippen molar-refractivity contribution in [2.24, 2.45) is 0 Å². The number of rotatable bonds is 5. The van der Waals surface area contributed by atoms with Crippen LogP contribution in [0.25, 0.3) is 0 Å². The monoisotopic (exact) mass is 325 g/mol. The smallest absolute Gasteiger partial charge is 0.125 e. The average Bonchev–Trinajstić information content (AvgIpc) is 2.83. The average molecular weight is 326 g/mol. The fourth-order valence-corrected chi connectivity index (χ4v) is 2.55. The molecule has 0 bridgehead atoms. The van der Waals surface area contributed by atoms with Crippen molar-refractivity contribution >= 4 is 15.9 Å². The van der Waals surface area contributed by atoms with Gasteiger partial charge in [-0.05, 0) is 42.4 Å². The lowest BCUT2D eigenvalue weighted by molar-refractivity contribution is 0.425. The molecule has 2 aromatic rings. The number of hydrogen-bond acceptors (Lipinski definition) is 2. The Labute approximate surface area is 121 Å². The maximum absolute atomic E-state index is 13.5. The second-order valence-electron chi connectivity index (χ2n) is 4.35. The number of halogens is 2. The second kappa shape index (κ2) is 6.35.